The van der Waals surface area contributed by atoms with Gasteiger partial charge in [0.05, 0.1) is 5.92 Å². The molecule has 5 heteroatoms. The molecule has 0 radical (unpaired) electrons. The molecule has 1 saturated carbocycles. The Morgan fingerprint density at radius 1 is 1.10 bits per heavy atom. The number of hydrogen-bond acceptors (Lipinski definition) is 3. The summed E-state index contributed by atoms with van der Waals surface area (Å²) in [6.07, 6.45) is 4.88. The van der Waals surface area contributed by atoms with Gasteiger partial charge in [0.1, 0.15) is 0 Å². The van der Waals surface area contributed by atoms with E-state index in [0.717, 1.165) is 51.7 Å². The molecule has 20 heavy (non-hydrogen) atoms. The topological polar surface area (TPSA) is 61.4 Å². The molecule has 2 N–H and O–H groups in total. The van der Waals surface area contributed by atoms with E-state index in [-0.39, 0.29) is 23.9 Å². The predicted molar refractivity (Wildman–Crippen MR) is 76.0 cm³/mol. The maximum absolute atomic E-state index is 12.2. The van der Waals surface area contributed by atoms with Crippen molar-refractivity contribution in [2.45, 2.75) is 51.1 Å². The summed E-state index contributed by atoms with van der Waals surface area (Å²) in [5.74, 6) is 0.950. The van der Waals surface area contributed by atoms with Crippen LogP contribution in [0.4, 0.5) is 0 Å². The van der Waals surface area contributed by atoms with Gasteiger partial charge in [-0.2, -0.15) is 0 Å². The van der Waals surface area contributed by atoms with Crippen molar-refractivity contribution in [2.75, 3.05) is 19.6 Å². The predicted octanol–water partition coefficient (Wildman–Crippen LogP) is 0.502. The van der Waals surface area contributed by atoms with Crippen molar-refractivity contribution in [3.63, 3.8) is 0 Å². The molecule has 2 unspecified atom stereocenters. The molecule has 2 heterocycles. The quantitative estimate of drug-likeness (QED) is 0.791. The zero-order valence-corrected chi connectivity index (χ0v) is 12.2. The number of carbonyl (C=O) groups is 2. The summed E-state index contributed by atoms with van der Waals surface area (Å²) in [6, 6.07) is 0.532. The van der Waals surface area contributed by atoms with Gasteiger partial charge in [0.15, 0.2) is 0 Å². The molecule has 3 rings (SSSR count). The number of piperidine rings is 1. The summed E-state index contributed by atoms with van der Waals surface area (Å²) in [6.45, 7) is 4.62. The Morgan fingerprint density at radius 2 is 1.80 bits per heavy atom. The number of hydrogen-bond donors (Lipinski definition) is 2. The van der Waals surface area contributed by atoms with Gasteiger partial charge >= 0.3 is 0 Å². The van der Waals surface area contributed by atoms with Gasteiger partial charge in [0, 0.05) is 31.1 Å². The van der Waals surface area contributed by atoms with Crippen molar-refractivity contribution in [3.8, 4) is 0 Å². The molecule has 3 fully saturated rings. The van der Waals surface area contributed by atoms with E-state index in [0.29, 0.717) is 11.8 Å². The molecule has 0 aromatic heterocycles. The average Bonchev–Trinajstić information content (AvgIpc) is 3.21. The van der Waals surface area contributed by atoms with Gasteiger partial charge in [-0.1, -0.05) is 0 Å². The van der Waals surface area contributed by atoms with E-state index < -0.39 is 0 Å². The second kappa shape index (κ2) is 5.72. The lowest BCUT2D eigenvalue weighted by molar-refractivity contribution is -0.133. The van der Waals surface area contributed by atoms with Crippen LogP contribution in [-0.2, 0) is 9.59 Å². The SMILES string of the molecule is CC1NCCC1C(=O)NC1CCN(C(=O)C2CC2)CC1. The van der Waals surface area contributed by atoms with Gasteiger partial charge in [-0.25, -0.2) is 0 Å². The Morgan fingerprint density at radius 3 is 2.35 bits per heavy atom. The molecule has 3 aliphatic rings. The number of carbonyl (C=O) groups excluding carboxylic acids is 2. The van der Waals surface area contributed by atoms with E-state index in [1.54, 1.807) is 0 Å². The largest absolute Gasteiger partial charge is 0.353 e. The van der Waals surface area contributed by atoms with Crippen molar-refractivity contribution in [1.82, 2.24) is 15.5 Å². The monoisotopic (exact) mass is 279 g/mol. The summed E-state index contributed by atoms with van der Waals surface area (Å²) < 4.78 is 0. The molecule has 0 bridgehead atoms. The van der Waals surface area contributed by atoms with Gasteiger partial charge in [-0.3, -0.25) is 9.59 Å². The zero-order chi connectivity index (χ0) is 14.1. The van der Waals surface area contributed by atoms with Gasteiger partial charge in [-0.15, -0.1) is 0 Å². The maximum atomic E-state index is 12.2. The Hall–Kier alpha value is -1.10. The molecule has 1 aliphatic carbocycles. The van der Waals surface area contributed by atoms with Crippen LogP contribution >= 0.6 is 0 Å². The number of nitrogens with zero attached hydrogens (tertiary/aromatic N) is 1. The Balaban J connectivity index is 1.44. The van der Waals surface area contributed by atoms with E-state index in [9.17, 15) is 9.59 Å². The van der Waals surface area contributed by atoms with Crippen LogP contribution in [0.3, 0.4) is 0 Å². The summed E-state index contributed by atoms with van der Waals surface area (Å²) in [5, 5.41) is 6.49. The standard InChI is InChI=1S/C15H25N3O2/c1-10-13(4-7-16-10)14(19)17-12-5-8-18(9-6-12)15(20)11-2-3-11/h10-13,16H,2-9H2,1H3,(H,17,19). The third-order valence-electron chi connectivity index (χ3n) is 4.94. The third kappa shape index (κ3) is 2.97. The second-order valence-corrected chi connectivity index (χ2v) is 6.52. The number of nitrogens with one attached hydrogen (secondary N) is 2. The smallest absolute Gasteiger partial charge is 0.225 e. The van der Waals surface area contributed by atoms with Crippen LogP contribution in [0.25, 0.3) is 0 Å². The highest BCUT2D eigenvalue weighted by molar-refractivity contribution is 5.81. The van der Waals surface area contributed by atoms with Gasteiger partial charge in [0.2, 0.25) is 11.8 Å². The first-order chi connectivity index (χ1) is 9.65. The summed E-state index contributed by atoms with van der Waals surface area (Å²) >= 11 is 0. The van der Waals surface area contributed by atoms with Gasteiger partial charge < -0.3 is 15.5 Å². The Bertz CT molecular complexity index is 387. The number of likely N-dealkylation sites (tertiary alicyclic amines) is 1. The maximum Gasteiger partial charge on any atom is 0.225 e. The molecule has 2 aliphatic heterocycles. The molecule has 0 aromatic rings. The molecular weight excluding hydrogens is 254 g/mol. The lowest BCUT2D eigenvalue weighted by atomic mass is 9.98. The summed E-state index contributed by atoms with van der Waals surface area (Å²) in [5.41, 5.74) is 0. The lowest BCUT2D eigenvalue weighted by Crippen LogP contribution is -2.49. The average molecular weight is 279 g/mol. The van der Waals surface area contributed by atoms with Crippen LogP contribution in [0.1, 0.15) is 39.0 Å². The molecule has 0 aromatic carbocycles. The molecule has 2 atom stereocenters. The Labute approximate surface area is 120 Å². The van der Waals surface area contributed by atoms with Crippen LogP contribution in [0.5, 0.6) is 0 Å². The molecular formula is C15H25N3O2. The molecule has 2 saturated heterocycles. The second-order valence-electron chi connectivity index (χ2n) is 6.52. The van der Waals surface area contributed by atoms with Crippen molar-refractivity contribution >= 4 is 11.8 Å². The highest BCUT2D eigenvalue weighted by Crippen LogP contribution is 2.31. The fourth-order valence-electron chi connectivity index (χ4n) is 3.36. The van der Waals surface area contributed by atoms with Crippen LogP contribution in [0.15, 0.2) is 0 Å². The Kier molecular flexibility index (Phi) is 3.96. The van der Waals surface area contributed by atoms with Crippen molar-refractivity contribution in [1.29, 1.82) is 0 Å². The van der Waals surface area contributed by atoms with E-state index >= 15 is 0 Å². The molecule has 0 spiro atoms. The number of rotatable bonds is 3. The highest BCUT2D eigenvalue weighted by atomic mass is 16.2. The van der Waals surface area contributed by atoms with Crippen LogP contribution in [-0.4, -0.2) is 48.4 Å². The minimum Gasteiger partial charge on any atom is -0.353 e. The van der Waals surface area contributed by atoms with E-state index in [2.05, 4.69) is 17.6 Å². The van der Waals surface area contributed by atoms with E-state index in [4.69, 9.17) is 0 Å². The van der Waals surface area contributed by atoms with Crippen molar-refractivity contribution in [3.05, 3.63) is 0 Å². The molecule has 5 nitrogen and oxygen atoms in total. The molecule has 112 valence electrons. The lowest BCUT2D eigenvalue weighted by Gasteiger charge is -2.33. The van der Waals surface area contributed by atoms with Crippen molar-refractivity contribution < 1.29 is 9.59 Å². The van der Waals surface area contributed by atoms with Crippen LogP contribution in [0, 0.1) is 11.8 Å². The fraction of sp³-hybridized carbons (Fsp3) is 0.867. The summed E-state index contributed by atoms with van der Waals surface area (Å²) in [7, 11) is 0. The van der Waals surface area contributed by atoms with Crippen LogP contribution in [0.2, 0.25) is 0 Å². The fourth-order valence-corrected chi connectivity index (χ4v) is 3.36. The summed E-state index contributed by atoms with van der Waals surface area (Å²) in [4.78, 5) is 26.2. The van der Waals surface area contributed by atoms with Crippen molar-refractivity contribution in [2.24, 2.45) is 11.8 Å². The minimum atomic E-state index is 0.112. The first-order valence-electron chi connectivity index (χ1n) is 7.97. The zero-order valence-electron chi connectivity index (χ0n) is 12.2. The van der Waals surface area contributed by atoms with E-state index in [1.165, 1.54) is 0 Å². The number of amides is 2. The normalized spacial score (nSPS) is 31.4. The molecule has 2 amide bonds. The van der Waals surface area contributed by atoms with Gasteiger partial charge in [0.25, 0.3) is 0 Å². The first kappa shape index (κ1) is 13.9. The third-order valence-corrected chi connectivity index (χ3v) is 4.94. The van der Waals surface area contributed by atoms with E-state index in [1.807, 2.05) is 4.90 Å². The highest BCUT2D eigenvalue weighted by Gasteiger charge is 2.36. The minimum absolute atomic E-state index is 0.112. The van der Waals surface area contributed by atoms with Gasteiger partial charge in [-0.05, 0) is 45.6 Å². The first-order valence-corrected chi connectivity index (χ1v) is 7.97. The van der Waals surface area contributed by atoms with Crippen LogP contribution < -0.4 is 10.6 Å².